The first kappa shape index (κ1) is 21.8. The van der Waals surface area contributed by atoms with Gasteiger partial charge >= 0.3 is 0 Å². The van der Waals surface area contributed by atoms with Crippen molar-refractivity contribution in [3.63, 3.8) is 0 Å². The Kier molecular flexibility index (Phi) is 7.81. The van der Waals surface area contributed by atoms with Gasteiger partial charge in [-0.3, -0.25) is 4.90 Å². The summed E-state index contributed by atoms with van der Waals surface area (Å²) >= 11 is 0. The van der Waals surface area contributed by atoms with Crippen LogP contribution in [-0.4, -0.2) is 36.5 Å². The SMILES string of the molecule is CCNC(=NCc1ccc(C#N)cc1F)NC1CCN(Cc2ccccc2C)CC1. The molecule has 0 unspecified atom stereocenters. The highest BCUT2D eigenvalue weighted by atomic mass is 19.1. The molecule has 0 amide bonds. The lowest BCUT2D eigenvalue weighted by Gasteiger charge is -2.33. The van der Waals surface area contributed by atoms with Crippen molar-refractivity contribution in [1.29, 1.82) is 5.26 Å². The summed E-state index contributed by atoms with van der Waals surface area (Å²) in [6, 6.07) is 15.4. The number of halogens is 1. The van der Waals surface area contributed by atoms with Crippen LogP contribution in [0.2, 0.25) is 0 Å². The Morgan fingerprint density at radius 1 is 1.20 bits per heavy atom. The predicted octanol–water partition coefficient (Wildman–Crippen LogP) is 3.73. The first-order valence-electron chi connectivity index (χ1n) is 10.6. The van der Waals surface area contributed by atoms with E-state index in [1.165, 1.54) is 17.2 Å². The third kappa shape index (κ3) is 6.04. The molecule has 30 heavy (non-hydrogen) atoms. The number of benzene rings is 2. The molecule has 1 fully saturated rings. The van der Waals surface area contributed by atoms with Crippen LogP contribution in [0.25, 0.3) is 0 Å². The number of guanidine groups is 1. The van der Waals surface area contributed by atoms with E-state index in [0.29, 0.717) is 23.1 Å². The van der Waals surface area contributed by atoms with Crippen molar-refractivity contribution in [2.45, 2.75) is 45.8 Å². The number of hydrogen-bond donors (Lipinski definition) is 2. The highest BCUT2D eigenvalue weighted by molar-refractivity contribution is 5.80. The van der Waals surface area contributed by atoms with Gasteiger partial charge in [0.2, 0.25) is 0 Å². The van der Waals surface area contributed by atoms with Gasteiger partial charge in [-0.2, -0.15) is 5.26 Å². The van der Waals surface area contributed by atoms with Gasteiger partial charge < -0.3 is 10.6 Å². The Morgan fingerprint density at radius 2 is 1.97 bits per heavy atom. The highest BCUT2D eigenvalue weighted by Crippen LogP contribution is 2.16. The fourth-order valence-corrected chi connectivity index (χ4v) is 3.69. The molecule has 1 heterocycles. The van der Waals surface area contributed by atoms with Crippen molar-refractivity contribution >= 4 is 5.96 Å². The maximum absolute atomic E-state index is 14.1. The molecule has 0 spiro atoms. The average Bonchev–Trinajstić information content (AvgIpc) is 2.75. The summed E-state index contributed by atoms with van der Waals surface area (Å²) in [6.45, 7) is 8.23. The standard InChI is InChI=1S/C24H30FN5/c1-3-27-24(28-16-20-9-8-19(15-26)14-23(20)25)29-22-10-12-30(13-11-22)17-21-7-5-4-6-18(21)2/h4-9,14,22H,3,10-13,16-17H2,1-2H3,(H2,27,28,29). The zero-order chi connectivity index (χ0) is 21.3. The number of nitriles is 1. The van der Waals surface area contributed by atoms with Crippen LogP contribution >= 0.6 is 0 Å². The summed E-state index contributed by atoms with van der Waals surface area (Å²) < 4.78 is 14.1. The van der Waals surface area contributed by atoms with Crippen LogP contribution in [-0.2, 0) is 13.1 Å². The molecule has 2 aromatic carbocycles. The monoisotopic (exact) mass is 407 g/mol. The van der Waals surface area contributed by atoms with Crippen LogP contribution in [0.3, 0.4) is 0 Å². The quantitative estimate of drug-likeness (QED) is 0.566. The average molecular weight is 408 g/mol. The molecule has 2 aromatic rings. The normalized spacial score (nSPS) is 15.6. The number of piperidine rings is 1. The van der Waals surface area contributed by atoms with Gasteiger partial charge in [0.25, 0.3) is 0 Å². The maximum atomic E-state index is 14.1. The molecule has 3 rings (SSSR count). The Morgan fingerprint density at radius 3 is 2.63 bits per heavy atom. The number of nitrogens with zero attached hydrogens (tertiary/aromatic N) is 3. The van der Waals surface area contributed by atoms with Gasteiger partial charge in [0, 0.05) is 37.8 Å². The summed E-state index contributed by atoms with van der Waals surface area (Å²) in [5, 5.41) is 15.6. The van der Waals surface area contributed by atoms with Crippen molar-refractivity contribution in [3.8, 4) is 6.07 Å². The molecule has 0 saturated carbocycles. The van der Waals surface area contributed by atoms with E-state index < -0.39 is 5.82 Å². The second kappa shape index (κ2) is 10.7. The van der Waals surface area contributed by atoms with Crippen LogP contribution in [0.4, 0.5) is 4.39 Å². The number of aryl methyl sites for hydroxylation is 1. The molecule has 0 aliphatic carbocycles. The number of aliphatic imine (C=N–C) groups is 1. The third-order valence-corrected chi connectivity index (χ3v) is 5.52. The van der Waals surface area contributed by atoms with Gasteiger partial charge in [-0.1, -0.05) is 30.3 Å². The summed E-state index contributed by atoms with van der Waals surface area (Å²) in [7, 11) is 0. The van der Waals surface area contributed by atoms with Gasteiger partial charge in [-0.05, 0) is 49.9 Å². The molecule has 0 atom stereocenters. The van der Waals surface area contributed by atoms with E-state index in [9.17, 15) is 4.39 Å². The van der Waals surface area contributed by atoms with E-state index in [2.05, 4.69) is 51.7 Å². The predicted molar refractivity (Wildman–Crippen MR) is 119 cm³/mol. The minimum atomic E-state index is -0.391. The molecule has 1 aliphatic heterocycles. The molecule has 2 N–H and O–H groups in total. The van der Waals surface area contributed by atoms with Crippen molar-refractivity contribution < 1.29 is 4.39 Å². The topological polar surface area (TPSA) is 63.5 Å². The van der Waals surface area contributed by atoms with Crippen LogP contribution in [0.1, 0.15) is 42.0 Å². The van der Waals surface area contributed by atoms with Gasteiger partial charge in [-0.15, -0.1) is 0 Å². The van der Waals surface area contributed by atoms with Crippen molar-refractivity contribution in [2.75, 3.05) is 19.6 Å². The largest absolute Gasteiger partial charge is 0.357 e. The number of hydrogen-bond acceptors (Lipinski definition) is 3. The Bertz CT molecular complexity index is 910. The van der Waals surface area contributed by atoms with E-state index in [0.717, 1.165) is 39.0 Å². The Hall–Kier alpha value is -2.91. The zero-order valence-electron chi connectivity index (χ0n) is 17.8. The van der Waals surface area contributed by atoms with E-state index in [1.807, 2.05) is 13.0 Å². The van der Waals surface area contributed by atoms with E-state index in [4.69, 9.17) is 5.26 Å². The maximum Gasteiger partial charge on any atom is 0.191 e. The number of rotatable bonds is 6. The van der Waals surface area contributed by atoms with Gasteiger partial charge in [-0.25, -0.2) is 9.38 Å². The van der Waals surface area contributed by atoms with E-state index >= 15 is 0 Å². The molecule has 1 aliphatic rings. The molecule has 0 bridgehead atoms. The van der Waals surface area contributed by atoms with Crippen molar-refractivity contribution in [3.05, 3.63) is 70.5 Å². The van der Waals surface area contributed by atoms with E-state index in [-0.39, 0.29) is 6.54 Å². The first-order chi connectivity index (χ1) is 14.6. The van der Waals surface area contributed by atoms with E-state index in [1.54, 1.807) is 12.1 Å². The zero-order valence-corrected chi connectivity index (χ0v) is 17.8. The molecule has 6 heteroatoms. The van der Waals surface area contributed by atoms with Crippen LogP contribution < -0.4 is 10.6 Å². The fourth-order valence-electron chi connectivity index (χ4n) is 3.69. The Labute approximate surface area is 178 Å². The summed E-state index contributed by atoms with van der Waals surface area (Å²) in [6.07, 6.45) is 2.09. The lowest BCUT2D eigenvalue weighted by Crippen LogP contribution is -2.48. The summed E-state index contributed by atoms with van der Waals surface area (Å²) in [4.78, 5) is 7.05. The molecule has 0 aromatic heterocycles. The summed E-state index contributed by atoms with van der Waals surface area (Å²) in [5.41, 5.74) is 3.54. The van der Waals surface area contributed by atoms with Crippen LogP contribution in [0.5, 0.6) is 0 Å². The number of likely N-dealkylation sites (tertiary alicyclic amines) is 1. The van der Waals surface area contributed by atoms with Crippen molar-refractivity contribution in [1.82, 2.24) is 15.5 Å². The Balaban J connectivity index is 1.54. The lowest BCUT2D eigenvalue weighted by atomic mass is 10.0. The molecular formula is C24H30FN5. The lowest BCUT2D eigenvalue weighted by molar-refractivity contribution is 0.198. The molecular weight excluding hydrogens is 377 g/mol. The number of nitrogens with one attached hydrogen (secondary N) is 2. The van der Waals surface area contributed by atoms with Gasteiger partial charge in [0.1, 0.15) is 5.82 Å². The second-order valence-corrected chi connectivity index (χ2v) is 7.73. The molecule has 158 valence electrons. The molecule has 1 saturated heterocycles. The fraction of sp³-hybridized carbons (Fsp3) is 0.417. The minimum absolute atomic E-state index is 0.235. The second-order valence-electron chi connectivity index (χ2n) is 7.73. The third-order valence-electron chi connectivity index (χ3n) is 5.52. The summed E-state index contributed by atoms with van der Waals surface area (Å²) in [5.74, 6) is 0.316. The smallest absolute Gasteiger partial charge is 0.191 e. The van der Waals surface area contributed by atoms with Crippen LogP contribution in [0, 0.1) is 24.1 Å². The van der Waals surface area contributed by atoms with Gasteiger partial charge in [0.05, 0.1) is 18.2 Å². The molecule has 5 nitrogen and oxygen atoms in total. The first-order valence-corrected chi connectivity index (χ1v) is 10.6. The molecule has 0 radical (unpaired) electrons. The highest BCUT2D eigenvalue weighted by Gasteiger charge is 2.20. The van der Waals surface area contributed by atoms with Gasteiger partial charge in [0.15, 0.2) is 5.96 Å². The minimum Gasteiger partial charge on any atom is -0.357 e. The van der Waals surface area contributed by atoms with Crippen LogP contribution in [0.15, 0.2) is 47.5 Å². The van der Waals surface area contributed by atoms with Crippen molar-refractivity contribution in [2.24, 2.45) is 4.99 Å².